The summed E-state index contributed by atoms with van der Waals surface area (Å²) < 4.78 is 53.9. The van der Waals surface area contributed by atoms with Crippen LogP contribution >= 0.6 is 23.1 Å². The second-order valence-electron chi connectivity index (χ2n) is 6.29. The van der Waals surface area contributed by atoms with Gasteiger partial charge < -0.3 is 21.2 Å². The first-order valence-electron chi connectivity index (χ1n) is 9.08. The summed E-state index contributed by atoms with van der Waals surface area (Å²) in [6, 6.07) is 4.42. The van der Waals surface area contributed by atoms with Crippen molar-refractivity contribution in [3.8, 4) is 0 Å². The Kier molecular flexibility index (Phi) is 8.01. The number of hydrogen-bond acceptors (Lipinski definition) is 6. The highest BCUT2D eigenvalue weighted by molar-refractivity contribution is 8.00. The normalized spacial score (nSPS) is 21.0. The number of likely N-dealkylation sites (tertiary alicyclic amines) is 1. The van der Waals surface area contributed by atoms with Crippen molar-refractivity contribution >= 4 is 44.7 Å². The minimum absolute atomic E-state index is 0.0317. The molecule has 0 spiro atoms. The molecule has 1 aromatic heterocycles. The van der Waals surface area contributed by atoms with Crippen molar-refractivity contribution in [1.82, 2.24) is 4.90 Å². The Bertz CT molecular complexity index is 856. The number of piperidine rings is 1. The van der Waals surface area contributed by atoms with Gasteiger partial charge in [-0.1, -0.05) is 31.1 Å². The first-order valence-corrected chi connectivity index (χ1v) is 10.7. The Morgan fingerprint density at radius 2 is 2.07 bits per heavy atom. The van der Waals surface area contributed by atoms with Crippen LogP contribution in [0.5, 0.6) is 0 Å². The van der Waals surface area contributed by atoms with Crippen molar-refractivity contribution in [2.75, 3.05) is 25.5 Å². The van der Waals surface area contributed by atoms with E-state index in [9.17, 15) is 17.6 Å². The van der Waals surface area contributed by atoms with Gasteiger partial charge in [-0.3, -0.25) is 0 Å². The van der Waals surface area contributed by atoms with Gasteiger partial charge in [0, 0.05) is 23.4 Å². The average molecular weight is 453 g/mol. The Morgan fingerprint density at radius 1 is 1.38 bits per heavy atom. The van der Waals surface area contributed by atoms with E-state index in [2.05, 4.69) is 10.5 Å². The third-order valence-corrected chi connectivity index (χ3v) is 6.56. The van der Waals surface area contributed by atoms with E-state index in [-0.39, 0.29) is 21.5 Å². The SMILES string of the molecule is CC.CN1CCC(Nc2cccc3c(SC(F)(F)F)c(/C(N)=N/O)sc23)C(F)C1. The van der Waals surface area contributed by atoms with Crippen molar-refractivity contribution in [1.29, 1.82) is 0 Å². The van der Waals surface area contributed by atoms with Gasteiger partial charge in [0.2, 0.25) is 0 Å². The molecule has 1 aliphatic rings. The smallest absolute Gasteiger partial charge is 0.409 e. The van der Waals surface area contributed by atoms with Crippen LogP contribution in [0.4, 0.5) is 23.2 Å². The molecular formula is C18H24F4N4OS2. The van der Waals surface area contributed by atoms with E-state index in [0.717, 1.165) is 17.9 Å². The topological polar surface area (TPSA) is 73.9 Å². The van der Waals surface area contributed by atoms with Crippen LogP contribution in [0.15, 0.2) is 28.3 Å². The molecule has 2 heterocycles. The van der Waals surface area contributed by atoms with Crippen LogP contribution in [0.25, 0.3) is 10.1 Å². The molecule has 0 aliphatic carbocycles. The highest BCUT2D eigenvalue weighted by Gasteiger charge is 2.34. The summed E-state index contributed by atoms with van der Waals surface area (Å²) in [6.07, 6.45) is -0.511. The second-order valence-corrected chi connectivity index (χ2v) is 8.39. The molecule has 0 bridgehead atoms. The third-order valence-electron chi connectivity index (χ3n) is 4.31. The Balaban J connectivity index is 0.00000145. The molecular weight excluding hydrogens is 428 g/mol. The van der Waals surface area contributed by atoms with Crippen LogP contribution < -0.4 is 11.1 Å². The van der Waals surface area contributed by atoms with Gasteiger partial charge in [0.15, 0.2) is 5.84 Å². The molecule has 29 heavy (non-hydrogen) atoms. The zero-order valence-corrected chi connectivity index (χ0v) is 17.9. The van der Waals surface area contributed by atoms with Gasteiger partial charge in [-0.05, 0) is 31.3 Å². The monoisotopic (exact) mass is 452 g/mol. The number of thioether (sulfide) groups is 1. The fourth-order valence-electron chi connectivity index (χ4n) is 3.06. The molecule has 1 fully saturated rings. The van der Waals surface area contributed by atoms with E-state index < -0.39 is 23.6 Å². The number of amidine groups is 1. The number of anilines is 1. The van der Waals surface area contributed by atoms with Gasteiger partial charge in [-0.15, -0.1) is 11.3 Å². The molecule has 2 unspecified atom stereocenters. The number of halogens is 4. The minimum atomic E-state index is -4.53. The predicted molar refractivity (Wildman–Crippen MR) is 112 cm³/mol. The molecule has 1 saturated heterocycles. The lowest BCUT2D eigenvalue weighted by Gasteiger charge is -2.33. The third kappa shape index (κ3) is 5.67. The first-order chi connectivity index (χ1) is 13.7. The zero-order valence-electron chi connectivity index (χ0n) is 16.3. The minimum Gasteiger partial charge on any atom is -0.409 e. The molecule has 4 N–H and O–H groups in total. The number of fused-ring (bicyclic) bond motifs is 1. The number of alkyl halides is 4. The Hall–Kier alpha value is -1.72. The van der Waals surface area contributed by atoms with Crippen molar-refractivity contribution < 1.29 is 22.8 Å². The molecule has 2 aromatic rings. The number of thiophene rings is 1. The lowest BCUT2D eigenvalue weighted by atomic mass is 10.0. The van der Waals surface area contributed by atoms with Crippen LogP contribution in [-0.2, 0) is 0 Å². The summed E-state index contributed by atoms with van der Waals surface area (Å²) in [5.41, 5.74) is 1.60. The van der Waals surface area contributed by atoms with Crippen LogP contribution in [0.3, 0.4) is 0 Å². The van der Waals surface area contributed by atoms with Crippen molar-refractivity contribution in [2.45, 2.75) is 42.9 Å². The van der Waals surface area contributed by atoms with Crippen LogP contribution in [0.1, 0.15) is 25.1 Å². The molecule has 1 aromatic carbocycles. The maximum absolute atomic E-state index is 14.3. The molecule has 2 atom stereocenters. The molecule has 3 rings (SSSR count). The quantitative estimate of drug-likeness (QED) is 0.151. The summed E-state index contributed by atoms with van der Waals surface area (Å²) in [6.45, 7) is 5.02. The van der Waals surface area contributed by atoms with Crippen LogP contribution in [0, 0.1) is 0 Å². The van der Waals surface area contributed by atoms with Gasteiger partial charge >= 0.3 is 5.51 Å². The number of oxime groups is 1. The van der Waals surface area contributed by atoms with Crippen molar-refractivity contribution in [3.05, 3.63) is 23.1 Å². The van der Waals surface area contributed by atoms with E-state index in [1.54, 1.807) is 18.2 Å². The van der Waals surface area contributed by atoms with Crippen LogP contribution in [0.2, 0.25) is 0 Å². The van der Waals surface area contributed by atoms with Crippen LogP contribution in [-0.4, -0.2) is 53.8 Å². The van der Waals surface area contributed by atoms with Crippen molar-refractivity contribution in [3.63, 3.8) is 0 Å². The molecule has 0 amide bonds. The highest BCUT2D eigenvalue weighted by Crippen LogP contribution is 2.47. The van der Waals surface area contributed by atoms with E-state index in [0.29, 0.717) is 28.7 Å². The number of nitrogens with one attached hydrogen (secondary N) is 1. The molecule has 11 heteroatoms. The number of rotatable bonds is 4. The molecule has 162 valence electrons. The maximum atomic E-state index is 14.3. The summed E-state index contributed by atoms with van der Waals surface area (Å²) in [5.74, 6) is -0.392. The molecule has 5 nitrogen and oxygen atoms in total. The number of benzene rings is 1. The number of hydrogen-bond donors (Lipinski definition) is 3. The van der Waals surface area contributed by atoms with E-state index in [4.69, 9.17) is 10.9 Å². The average Bonchev–Trinajstić information content (AvgIpc) is 3.03. The van der Waals surface area contributed by atoms with Crippen molar-refractivity contribution in [2.24, 2.45) is 10.9 Å². The Labute approximate surface area is 174 Å². The molecule has 1 aliphatic heterocycles. The predicted octanol–water partition coefficient (Wildman–Crippen LogP) is 5.09. The van der Waals surface area contributed by atoms with Gasteiger partial charge in [0.25, 0.3) is 0 Å². The highest BCUT2D eigenvalue weighted by atomic mass is 32.2. The Morgan fingerprint density at radius 3 is 2.66 bits per heavy atom. The lowest BCUT2D eigenvalue weighted by molar-refractivity contribution is -0.0327. The maximum Gasteiger partial charge on any atom is 0.446 e. The number of nitrogens with zero attached hydrogens (tertiary/aromatic N) is 2. The second kappa shape index (κ2) is 9.86. The number of nitrogens with two attached hydrogens (primary N) is 1. The first kappa shape index (κ1) is 23.6. The van der Waals surface area contributed by atoms with E-state index >= 15 is 0 Å². The van der Waals surface area contributed by atoms with Gasteiger partial charge in [0.1, 0.15) is 6.17 Å². The fraction of sp³-hybridized carbons (Fsp3) is 0.500. The summed E-state index contributed by atoms with van der Waals surface area (Å²) >= 11 is 0.675. The van der Waals surface area contributed by atoms with Gasteiger partial charge in [-0.2, -0.15) is 13.2 Å². The standard InChI is InChI=1S/C16H18F4N4OS2.C2H6/c1-24-6-5-10(9(17)7-24)22-11-4-2-3-8-12(11)26-14(15(21)23-25)13(8)27-16(18,19)20;1-2/h2-4,9-10,22,25H,5-7H2,1H3,(H2,21,23);1-2H3. The zero-order chi connectivity index (χ0) is 21.8. The summed E-state index contributed by atoms with van der Waals surface area (Å²) in [4.78, 5) is 1.80. The molecule has 0 radical (unpaired) electrons. The molecule has 0 saturated carbocycles. The van der Waals surface area contributed by atoms with Gasteiger partial charge in [-0.25, -0.2) is 4.39 Å². The lowest BCUT2D eigenvalue weighted by Crippen LogP contribution is -2.46. The van der Waals surface area contributed by atoms with E-state index in [1.807, 2.05) is 25.8 Å². The van der Waals surface area contributed by atoms with E-state index in [1.165, 1.54) is 0 Å². The fourth-order valence-corrected chi connectivity index (χ4v) is 5.15. The van der Waals surface area contributed by atoms with Gasteiger partial charge in [0.05, 0.1) is 21.3 Å². The summed E-state index contributed by atoms with van der Waals surface area (Å²) in [7, 11) is 1.84. The largest absolute Gasteiger partial charge is 0.446 e. The summed E-state index contributed by atoms with van der Waals surface area (Å²) in [5, 5.41) is 15.2.